The molecule has 0 aromatic carbocycles. The Balaban J connectivity index is -0.000000280. The molecule has 0 radical (unpaired) electrons. The zero-order valence-electron chi connectivity index (χ0n) is 13.0. The van der Waals surface area contributed by atoms with E-state index in [4.69, 9.17) is 14.9 Å². The second-order valence-corrected chi connectivity index (χ2v) is 7.31. The van der Waals surface area contributed by atoms with Crippen LogP contribution < -0.4 is 0 Å². The van der Waals surface area contributed by atoms with E-state index in [2.05, 4.69) is 25.7 Å². The van der Waals surface area contributed by atoms with E-state index >= 15 is 0 Å². The van der Waals surface area contributed by atoms with Gasteiger partial charge in [-0.05, 0) is 0 Å². The summed E-state index contributed by atoms with van der Waals surface area (Å²) < 4.78 is 15.9. The molecule has 0 rings (SSSR count). The van der Waals surface area contributed by atoms with Crippen LogP contribution in [-0.4, -0.2) is 130 Å². The van der Waals surface area contributed by atoms with Crippen molar-refractivity contribution in [2.24, 2.45) is 0 Å². The third-order valence-electron chi connectivity index (χ3n) is 1.79. The summed E-state index contributed by atoms with van der Waals surface area (Å²) in [5.41, 5.74) is 0. The van der Waals surface area contributed by atoms with Crippen LogP contribution in [0, 0.1) is 0 Å². The summed E-state index contributed by atoms with van der Waals surface area (Å²) >= 11 is 0. The average Bonchev–Trinajstić information content (AvgIpc) is 1.96. The number of hydrogen-bond donors (Lipinski definition) is 3. The van der Waals surface area contributed by atoms with Crippen LogP contribution >= 0.6 is 7.82 Å². The van der Waals surface area contributed by atoms with E-state index in [1.165, 1.54) is 0 Å². The van der Waals surface area contributed by atoms with Crippen molar-refractivity contribution in [3.63, 3.8) is 0 Å². The summed E-state index contributed by atoms with van der Waals surface area (Å²) in [7, 11) is 7.65. The minimum atomic E-state index is -4.26. The van der Waals surface area contributed by atoms with E-state index in [0.717, 1.165) is 11.0 Å². The maximum Gasteiger partial charge on any atom is 2.00 e. The maximum atomic E-state index is 10.2. The predicted octanol–water partition coefficient (Wildman–Crippen LogP) is -0.894. The molecule has 0 saturated carbocycles. The quantitative estimate of drug-likeness (QED) is 0.334. The molecule has 0 aromatic heterocycles. The number of aliphatic hydroxyl groups excluding tert-OH is 1. The first-order chi connectivity index (χ1) is 7.77. The average molecular weight is 328 g/mol. The van der Waals surface area contributed by atoms with Gasteiger partial charge in [-0.1, -0.05) is 0 Å². The van der Waals surface area contributed by atoms with E-state index in [-0.39, 0.29) is 51.0 Å². The summed E-state index contributed by atoms with van der Waals surface area (Å²) in [6, 6.07) is 0. The molecule has 0 spiro atoms. The topological polar surface area (TPSA) is 87.0 Å². The fraction of sp³-hybridized carbons (Fsp3) is 1.00. The molecule has 9 heteroatoms. The summed E-state index contributed by atoms with van der Waals surface area (Å²) in [4.78, 5) is 16.6. The van der Waals surface area contributed by atoms with Crippen LogP contribution in [0.4, 0.5) is 0 Å². The van der Waals surface area contributed by atoms with Crippen LogP contribution in [0.3, 0.4) is 0 Å². The summed E-state index contributed by atoms with van der Waals surface area (Å²) in [5.74, 6) is 0. The summed E-state index contributed by atoms with van der Waals surface area (Å²) in [5, 5.41) is 8.39. The molecule has 0 saturated heterocycles. The molecular formula is C10H29CaN2O5P+4. The monoisotopic (exact) mass is 328 g/mol. The number of hydrogen-bond acceptors (Lipinski definition) is 3. The molecule has 0 aromatic rings. The van der Waals surface area contributed by atoms with Crippen LogP contribution in [0.15, 0.2) is 0 Å². The Morgan fingerprint density at radius 2 is 1.32 bits per heavy atom. The molecule has 0 bridgehead atoms. The summed E-state index contributed by atoms with van der Waals surface area (Å²) in [6.45, 7) is 1.77. The molecule has 0 heterocycles. The fourth-order valence-electron chi connectivity index (χ4n) is 0.734. The molecule has 112 valence electrons. The second-order valence-electron chi connectivity index (χ2n) is 6.08. The van der Waals surface area contributed by atoms with Crippen LogP contribution in [0.5, 0.6) is 0 Å². The minimum Gasteiger partial charge on any atom is -0.391 e. The van der Waals surface area contributed by atoms with E-state index in [1.807, 2.05) is 21.1 Å². The van der Waals surface area contributed by atoms with Gasteiger partial charge in [0.2, 0.25) is 0 Å². The number of phosphoric acid groups is 1. The second kappa shape index (κ2) is 10.9. The number of nitrogens with zero attached hydrogens (tertiary/aromatic N) is 2. The van der Waals surface area contributed by atoms with E-state index in [1.54, 1.807) is 0 Å². The first-order valence-corrected chi connectivity index (χ1v) is 7.22. The number of phosphoric ester groups is 1. The van der Waals surface area contributed by atoms with Crippen molar-refractivity contribution in [1.29, 1.82) is 0 Å². The van der Waals surface area contributed by atoms with Gasteiger partial charge in [0, 0.05) is 0 Å². The number of rotatable bonds is 6. The van der Waals surface area contributed by atoms with Crippen molar-refractivity contribution in [2.45, 2.75) is 0 Å². The van der Waals surface area contributed by atoms with Gasteiger partial charge in [0.1, 0.15) is 19.7 Å². The maximum absolute atomic E-state index is 10.2. The number of aliphatic hydroxyl groups is 1. The van der Waals surface area contributed by atoms with E-state index in [9.17, 15) is 4.57 Å². The van der Waals surface area contributed by atoms with Crippen molar-refractivity contribution < 1.29 is 32.9 Å². The van der Waals surface area contributed by atoms with Crippen molar-refractivity contribution >= 4 is 45.6 Å². The standard InChI is InChI=1S/C5H14NO4P.C5H14NO.Ca/c1-6(2,3)4-5-10-11(7,8)9;1-6(2,3)4-5-7;/h4-5H2,1-3H3,(H-,7,8,9);7H,4-5H2,1-3H3;/q;+1;+2/p+1. The Morgan fingerprint density at radius 3 is 1.47 bits per heavy atom. The molecular weight excluding hydrogens is 299 g/mol. The fourth-order valence-corrected chi connectivity index (χ4v) is 1.05. The van der Waals surface area contributed by atoms with Crippen molar-refractivity contribution in [2.75, 3.05) is 68.6 Å². The largest absolute Gasteiger partial charge is 2.00 e. The minimum absolute atomic E-state index is 0. The van der Waals surface area contributed by atoms with Crippen LogP contribution in [0.1, 0.15) is 0 Å². The van der Waals surface area contributed by atoms with Gasteiger partial charge in [-0.15, -0.1) is 0 Å². The van der Waals surface area contributed by atoms with Gasteiger partial charge >= 0.3 is 45.6 Å². The first-order valence-electron chi connectivity index (χ1n) is 5.69. The molecule has 0 aliphatic carbocycles. The third kappa shape index (κ3) is 32.6. The Labute approximate surface area is 146 Å². The molecule has 0 atom stereocenters. The Kier molecular flexibility index (Phi) is 14.5. The number of quaternary nitrogens is 2. The number of likely N-dealkylation sites (N-methyl/N-ethyl adjacent to an activating group) is 2. The Hall–Kier alpha value is 1.25. The van der Waals surface area contributed by atoms with E-state index < -0.39 is 7.82 Å². The van der Waals surface area contributed by atoms with Crippen molar-refractivity contribution in [3.8, 4) is 0 Å². The predicted molar refractivity (Wildman–Crippen MR) is 76.6 cm³/mol. The third-order valence-corrected chi connectivity index (χ3v) is 2.31. The Morgan fingerprint density at radius 1 is 0.947 bits per heavy atom. The van der Waals surface area contributed by atoms with Gasteiger partial charge < -0.3 is 23.9 Å². The SMILES string of the molecule is C[N+](C)(C)CCO.C[N+](C)(C)CCOP(=O)(O)O.[Ca+2]. The molecule has 7 nitrogen and oxygen atoms in total. The van der Waals surface area contributed by atoms with Crippen LogP contribution in [0.2, 0.25) is 0 Å². The van der Waals surface area contributed by atoms with Gasteiger partial charge in [-0.2, -0.15) is 0 Å². The molecule has 0 unspecified atom stereocenters. The molecule has 0 amide bonds. The zero-order valence-corrected chi connectivity index (χ0v) is 16.1. The molecule has 0 fully saturated rings. The molecule has 0 aliphatic rings. The van der Waals surface area contributed by atoms with Crippen molar-refractivity contribution in [1.82, 2.24) is 0 Å². The Bertz CT molecular complexity index is 260. The van der Waals surface area contributed by atoms with Gasteiger partial charge in [-0.25, -0.2) is 4.57 Å². The molecule has 0 aliphatic heterocycles. The van der Waals surface area contributed by atoms with Crippen molar-refractivity contribution in [3.05, 3.63) is 0 Å². The first kappa shape index (κ1) is 25.2. The van der Waals surface area contributed by atoms with Gasteiger partial charge in [0.15, 0.2) is 0 Å². The van der Waals surface area contributed by atoms with Gasteiger partial charge in [0.05, 0.1) is 48.9 Å². The smallest absolute Gasteiger partial charge is 0.391 e. The van der Waals surface area contributed by atoms with E-state index in [0.29, 0.717) is 11.0 Å². The normalized spacial score (nSPS) is 12.3. The van der Waals surface area contributed by atoms with Gasteiger partial charge in [-0.3, -0.25) is 4.52 Å². The molecule has 3 N–H and O–H groups in total. The van der Waals surface area contributed by atoms with Gasteiger partial charge in [0.25, 0.3) is 0 Å². The molecule has 19 heavy (non-hydrogen) atoms. The van der Waals surface area contributed by atoms with Crippen LogP contribution in [-0.2, 0) is 9.09 Å². The summed E-state index contributed by atoms with van der Waals surface area (Å²) in [6.07, 6.45) is 0. The van der Waals surface area contributed by atoms with Crippen LogP contribution in [0.25, 0.3) is 0 Å². The zero-order chi connectivity index (χ0) is 15.0.